The highest BCUT2D eigenvalue weighted by Gasteiger charge is 2.51. The molecule has 0 unspecified atom stereocenters. The largest absolute Gasteiger partial charge is 0.389 e. The Kier molecular flexibility index (Phi) is 1.06. The van der Waals surface area contributed by atoms with Crippen molar-refractivity contribution in [3.05, 3.63) is 12.2 Å². The normalized spacial score (nSPS) is 48.5. The average molecular weight is 138 g/mol. The van der Waals surface area contributed by atoms with Crippen LogP contribution in [0.4, 0.5) is 0 Å². The molecule has 1 nitrogen and oxygen atoms in total. The molecule has 1 saturated carbocycles. The number of rotatable bonds is 0. The first kappa shape index (κ1) is 6.41. The molecule has 0 heterocycles. The van der Waals surface area contributed by atoms with Crippen molar-refractivity contribution >= 4 is 0 Å². The third-order valence-electron chi connectivity index (χ3n) is 3.37. The van der Waals surface area contributed by atoms with Crippen LogP contribution in [0.1, 0.15) is 20.3 Å². The van der Waals surface area contributed by atoms with Gasteiger partial charge in [-0.2, -0.15) is 0 Å². The van der Waals surface area contributed by atoms with Crippen LogP contribution in [0.3, 0.4) is 0 Å². The molecule has 10 heavy (non-hydrogen) atoms. The number of hydrogen-bond donors (Lipinski definition) is 1. The van der Waals surface area contributed by atoms with Crippen molar-refractivity contribution in [3.63, 3.8) is 0 Å². The van der Waals surface area contributed by atoms with Crippen LogP contribution in [0.2, 0.25) is 0 Å². The highest BCUT2D eigenvalue weighted by atomic mass is 16.3. The fourth-order valence-corrected chi connectivity index (χ4v) is 2.28. The van der Waals surface area contributed by atoms with Crippen LogP contribution in [0, 0.1) is 17.3 Å². The van der Waals surface area contributed by atoms with Gasteiger partial charge in [-0.15, -0.1) is 0 Å². The Labute approximate surface area is 61.8 Å². The summed E-state index contributed by atoms with van der Waals surface area (Å²) >= 11 is 0. The van der Waals surface area contributed by atoms with Crippen molar-refractivity contribution in [1.82, 2.24) is 0 Å². The Morgan fingerprint density at radius 1 is 1.40 bits per heavy atom. The van der Waals surface area contributed by atoms with Gasteiger partial charge in [-0.3, -0.25) is 0 Å². The third kappa shape index (κ3) is 0.567. The third-order valence-corrected chi connectivity index (χ3v) is 3.37. The van der Waals surface area contributed by atoms with E-state index in [0.29, 0.717) is 11.3 Å². The van der Waals surface area contributed by atoms with Gasteiger partial charge in [-0.25, -0.2) is 0 Å². The van der Waals surface area contributed by atoms with Crippen LogP contribution in [0.15, 0.2) is 12.2 Å². The molecule has 0 saturated heterocycles. The van der Waals surface area contributed by atoms with E-state index in [9.17, 15) is 5.11 Å². The lowest BCUT2D eigenvalue weighted by atomic mass is 9.50. The molecule has 3 aliphatic carbocycles. The van der Waals surface area contributed by atoms with E-state index >= 15 is 0 Å². The van der Waals surface area contributed by atoms with Gasteiger partial charge in [-0.05, 0) is 23.7 Å². The van der Waals surface area contributed by atoms with E-state index in [1.54, 1.807) is 0 Å². The minimum Gasteiger partial charge on any atom is -0.389 e. The maximum atomic E-state index is 9.46. The molecule has 0 spiro atoms. The molecule has 0 radical (unpaired) electrons. The lowest BCUT2D eigenvalue weighted by Gasteiger charge is -2.55. The van der Waals surface area contributed by atoms with E-state index in [4.69, 9.17) is 0 Å². The van der Waals surface area contributed by atoms with Gasteiger partial charge in [0.05, 0.1) is 6.10 Å². The maximum Gasteiger partial charge on any atom is 0.0754 e. The summed E-state index contributed by atoms with van der Waals surface area (Å²) in [6, 6.07) is 0. The van der Waals surface area contributed by atoms with Crippen molar-refractivity contribution in [2.45, 2.75) is 26.4 Å². The van der Waals surface area contributed by atoms with Gasteiger partial charge in [0.25, 0.3) is 0 Å². The fourth-order valence-electron chi connectivity index (χ4n) is 2.28. The molecule has 3 rings (SSSR count). The van der Waals surface area contributed by atoms with Crippen molar-refractivity contribution < 1.29 is 5.11 Å². The van der Waals surface area contributed by atoms with Gasteiger partial charge in [0.1, 0.15) is 0 Å². The van der Waals surface area contributed by atoms with Crippen LogP contribution < -0.4 is 0 Å². The molecule has 0 aromatic heterocycles. The quantitative estimate of drug-likeness (QED) is 0.504. The van der Waals surface area contributed by atoms with E-state index in [-0.39, 0.29) is 6.10 Å². The Morgan fingerprint density at radius 2 is 2.10 bits per heavy atom. The molecule has 1 fully saturated rings. The lowest BCUT2D eigenvalue weighted by molar-refractivity contribution is -0.0692. The van der Waals surface area contributed by atoms with Crippen molar-refractivity contribution in [3.8, 4) is 0 Å². The van der Waals surface area contributed by atoms with E-state index in [1.165, 1.54) is 6.42 Å². The first-order chi connectivity index (χ1) is 4.62. The average Bonchev–Trinajstić information content (AvgIpc) is 1.87. The molecule has 0 aromatic carbocycles. The second-order valence-electron chi connectivity index (χ2n) is 4.15. The molecule has 2 bridgehead atoms. The smallest absolute Gasteiger partial charge is 0.0754 e. The summed E-state index contributed by atoms with van der Waals surface area (Å²) in [5, 5.41) is 9.46. The minimum atomic E-state index is -0.167. The van der Waals surface area contributed by atoms with E-state index < -0.39 is 0 Å². The molecule has 0 aromatic rings. The summed E-state index contributed by atoms with van der Waals surface area (Å²) < 4.78 is 0. The second-order valence-corrected chi connectivity index (χ2v) is 4.15. The zero-order valence-electron chi connectivity index (χ0n) is 6.54. The summed E-state index contributed by atoms with van der Waals surface area (Å²) in [4.78, 5) is 0. The van der Waals surface area contributed by atoms with Gasteiger partial charge in [-0.1, -0.05) is 26.0 Å². The molecule has 3 atom stereocenters. The summed E-state index contributed by atoms with van der Waals surface area (Å²) in [7, 11) is 0. The van der Waals surface area contributed by atoms with Crippen LogP contribution >= 0.6 is 0 Å². The number of hydrogen-bond acceptors (Lipinski definition) is 1. The SMILES string of the molecule is CC1(C)[C@H]2C=C[C@@H](O)[C@@H]1C2. The topological polar surface area (TPSA) is 20.2 Å². The standard InChI is InChI=1S/C9H14O/c1-9(2)6-3-4-8(10)7(9)5-6/h3-4,6-8,10H,5H2,1-2H3/t6-,7-,8+/m0/s1. The van der Waals surface area contributed by atoms with Crippen molar-refractivity contribution in [2.24, 2.45) is 17.3 Å². The zero-order valence-corrected chi connectivity index (χ0v) is 6.54. The predicted octanol–water partition coefficient (Wildman–Crippen LogP) is 1.58. The van der Waals surface area contributed by atoms with E-state index in [0.717, 1.165) is 5.92 Å². The van der Waals surface area contributed by atoms with Gasteiger partial charge < -0.3 is 5.11 Å². The maximum absolute atomic E-state index is 9.46. The number of fused-ring (bicyclic) bond motifs is 1. The van der Waals surface area contributed by atoms with Gasteiger partial charge in [0.2, 0.25) is 0 Å². The minimum absolute atomic E-state index is 0.167. The molecule has 56 valence electrons. The zero-order chi connectivity index (χ0) is 7.35. The fraction of sp³-hybridized carbons (Fsp3) is 0.778. The molecule has 3 aliphatic rings. The first-order valence-electron chi connectivity index (χ1n) is 3.99. The Balaban J connectivity index is 2.28. The molecular weight excluding hydrogens is 124 g/mol. The molecule has 0 aliphatic heterocycles. The predicted molar refractivity (Wildman–Crippen MR) is 40.5 cm³/mol. The van der Waals surface area contributed by atoms with Crippen molar-refractivity contribution in [2.75, 3.05) is 0 Å². The summed E-state index contributed by atoms with van der Waals surface area (Å²) in [5.74, 6) is 1.27. The Morgan fingerprint density at radius 3 is 2.40 bits per heavy atom. The van der Waals surface area contributed by atoms with E-state index in [1.807, 2.05) is 6.08 Å². The van der Waals surface area contributed by atoms with Crippen LogP contribution in [-0.4, -0.2) is 11.2 Å². The number of aliphatic hydroxyl groups is 1. The van der Waals surface area contributed by atoms with Crippen LogP contribution in [0.25, 0.3) is 0 Å². The number of aliphatic hydroxyl groups excluding tert-OH is 1. The van der Waals surface area contributed by atoms with Crippen LogP contribution in [0.5, 0.6) is 0 Å². The van der Waals surface area contributed by atoms with Gasteiger partial charge >= 0.3 is 0 Å². The molecule has 1 N–H and O–H groups in total. The van der Waals surface area contributed by atoms with Gasteiger partial charge in [0, 0.05) is 0 Å². The lowest BCUT2D eigenvalue weighted by Crippen LogP contribution is -2.51. The Bertz CT molecular complexity index is 181. The Hall–Kier alpha value is -0.300. The second kappa shape index (κ2) is 1.65. The van der Waals surface area contributed by atoms with Gasteiger partial charge in [0.15, 0.2) is 0 Å². The van der Waals surface area contributed by atoms with E-state index in [2.05, 4.69) is 19.9 Å². The molecule has 0 amide bonds. The first-order valence-corrected chi connectivity index (χ1v) is 3.99. The number of allylic oxidation sites excluding steroid dienone is 1. The monoisotopic (exact) mass is 138 g/mol. The van der Waals surface area contributed by atoms with Crippen LogP contribution in [-0.2, 0) is 0 Å². The summed E-state index contributed by atoms with van der Waals surface area (Å²) in [5.41, 5.74) is 0.369. The summed E-state index contributed by atoms with van der Waals surface area (Å²) in [6.07, 6.45) is 5.15. The highest BCUT2D eigenvalue weighted by molar-refractivity contribution is 5.17. The summed E-state index contributed by atoms with van der Waals surface area (Å²) in [6.45, 7) is 4.50. The molecule has 1 heteroatoms. The molecular formula is C9H14O. The highest BCUT2D eigenvalue weighted by Crippen LogP contribution is 2.56. The van der Waals surface area contributed by atoms with Crippen molar-refractivity contribution in [1.29, 1.82) is 0 Å².